The van der Waals surface area contributed by atoms with Gasteiger partial charge in [-0.25, -0.2) is 0 Å². The van der Waals surface area contributed by atoms with Crippen LogP contribution in [0.2, 0.25) is 0 Å². The number of aliphatic carboxylic acids is 1. The quantitative estimate of drug-likeness (QED) is 0.230. The van der Waals surface area contributed by atoms with Gasteiger partial charge in [-0.15, -0.1) is 0 Å². The predicted molar refractivity (Wildman–Crippen MR) is 182 cm³/mol. The smallest absolute Gasteiger partial charge is 0.303 e. The number of phenols is 1. The molecule has 8 heteroatoms. The van der Waals surface area contributed by atoms with Crippen LogP contribution in [0.15, 0.2) is 78.9 Å². The third-order valence-corrected chi connectivity index (χ3v) is 9.63. The van der Waals surface area contributed by atoms with Gasteiger partial charge in [-0.1, -0.05) is 67.4 Å². The highest BCUT2D eigenvalue weighted by Gasteiger charge is 2.35. The fourth-order valence-electron chi connectivity index (χ4n) is 7.06. The lowest BCUT2D eigenvalue weighted by atomic mass is 9.92. The fourth-order valence-corrected chi connectivity index (χ4v) is 7.06. The number of unbranched alkanes of at least 4 members (excludes halogenated alkanes) is 3. The summed E-state index contributed by atoms with van der Waals surface area (Å²) >= 11 is 0. The van der Waals surface area contributed by atoms with Crippen LogP contribution >= 0.6 is 0 Å². The number of nitrogens with zero attached hydrogens (tertiary/aromatic N) is 4. The van der Waals surface area contributed by atoms with Gasteiger partial charge in [0.25, 0.3) is 5.91 Å². The van der Waals surface area contributed by atoms with E-state index >= 15 is 0 Å². The summed E-state index contributed by atoms with van der Waals surface area (Å²) in [6, 6.07) is 26.8. The van der Waals surface area contributed by atoms with Gasteiger partial charge in [-0.2, -0.15) is 0 Å². The second-order valence-corrected chi connectivity index (χ2v) is 13.1. The molecule has 5 rings (SSSR count). The molecule has 0 radical (unpaired) electrons. The highest BCUT2D eigenvalue weighted by molar-refractivity contribution is 5.94. The average Bonchev–Trinajstić information content (AvgIpc) is 3.05. The molecule has 0 unspecified atom stereocenters. The molecule has 3 atom stereocenters. The molecule has 2 heterocycles. The van der Waals surface area contributed by atoms with E-state index < -0.39 is 5.97 Å². The Labute approximate surface area is 274 Å². The summed E-state index contributed by atoms with van der Waals surface area (Å²) in [6.07, 6.45) is 4.04. The summed E-state index contributed by atoms with van der Waals surface area (Å²) in [4.78, 5) is 33.9. The Kier molecular flexibility index (Phi) is 11.9. The van der Waals surface area contributed by atoms with Crippen LogP contribution < -0.4 is 0 Å². The number of carbonyl (C=O) groups is 2. The van der Waals surface area contributed by atoms with E-state index in [9.17, 15) is 14.7 Å². The number of benzene rings is 3. The van der Waals surface area contributed by atoms with E-state index in [1.165, 1.54) is 5.56 Å². The molecule has 1 amide bonds. The first-order chi connectivity index (χ1) is 22.3. The van der Waals surface area contributed by atoms with Crippen molar-refractivity contribution in [2.45, 2.75) is 70.6 Å². The molecule has 246 valence electrons. The van der Waals surface area contributed by atoms with Gasteiger partial charge in [0, 0.05) is 69.9 Å². The second kappa shape index (κ2) is 16.2. The molecule has 3 aromatic rings. The monoisotopic (exact) mass is 626 g/mol. The topological polar surface area (TPSA) is 87.6 Å². The zero-order valence-electron chi connectivity index (χ0n) is 27.4. The van der Waals surface area contributed by atoms with Gasteiger partial charge in [0.2, 0.25) is 0 Å². The molecule has 0 saturated carbocycles. The Balaban J connectivity index is 1.25. The molecule has 2 N–H and O–H groups in total. The maximum atomic E-state index is 13.8. The van der Waals surface area contributed by atoms with Gasteiger partial charge in [0.15, 0.2) is 0 Å². The van der Waals surface area contributed by atoms with Crippen LogP contribution in [0.5, 0.6) is 5.75 Å². The maximum Gasteiger partial charge on any atom is 0.303 e. The Morgan fingerprint density at radius 2 is 1.48 bits per heavy atom. The zero-order chi connectivity index (χ0) is 32.5. The first-order valence-corrected chi connectivity index (χ1v) is 16.9. The molecule has 2 fully saturated rings. The minimum absolute atomic E-state index is 0.0685. The largest absolute Gasteiger partial charge is 0.508 e. The van der Waals surface area contributed by atoms with Crippen molar-refractivity contribution >= 4 is 11.9 Å². The third kappa shape index (κ3) is 8.96. The van der Waals surface area contributed by atoms with Crippen LogP contribution in [0.25, 0.3) is 0 Å². The Bertz CT molecular complexity index is 1420. The van der Waals surface area contributed by atoms with Crippen molar-refractivity contribution in [3.05, 3.63) is 101 Å². The van der Waals surface area contributed by atoms with Crippen LogP contribution in [-0.2, 0) is 11.3 Å². The van der Waals surface area contributed by atoms with Gasteiger partial charge >= 0.3 is 5.97 Å². The van der Waals surface area contributed by atoms with Gasteiger partial charge in [-0.3, -0.25) is 24.3 Å². The van der Waals surface area contributed by atoms with Crippen LogP contribution in [0.4, 0.5) is 0 Å². The second-order valence-electron chi connectivity index (χ2n) is 13.1. The molecule has 2 saturated heterocycles. The maximum absolute atomic E-state index is 13.8. The van der Waals surface area contributed by atoms with Crippen molar-refractivity contribution in [3.8, 4) is 5.75 Å². The highest BCUT2D eigenvalue weighted by atomic mass is 16.4. The molecule has 3 aromatic carbocycles. The van der Waals surface area contributed by atoms with Gasteiger partial charge in [-0.05, 0) is 74.2 Å². The summed E-state index contributed by atoms with van der Waals surface area (Å²) < 4.78 is 0. The van der Waals surface area contributed by atoms with Crippen LogP contribution in [-0.4, -0.2) is 99.6 Å². The molecule has 46 heavy (non-hydrogen) atoms. The van der Waals surface area contributed by atoms with E-state index in [0.717, 1.165) is 76.1 Å². The lowest BCUT2D eigenvalue weighted by molar-refractivity contribution is -0.137. The Hall–Kier alpha value is -3.72. The van der Waals surface area contributed by atoms with E-state index in [-0.39, 0.29) is 30.2 Å². The minimum Gasteiger partial charge on any atom is -0.508 e. The molecule has 2 aliphatic rings. The number of rotatable bonds is 13. The number of hydrogen-bond acceptors (Lipinski definition) is 6. The van der Waals surface area contributed by atoms with E-state index in [2.05, 4.69) is 77.1 Å². The number of amides is 1. The predicted octanol–water partition coefficient (Wildman–Crippen LogP) is 5.87. The number of hydrogen-bond donors (Lipinski definition) is 2. The van der Waals surface area contributed by atoms with Crippen LogP contribution in [0, 0.1) is 0 Å². The SMILES string of the molecule is C[C@@H]1CN([C@@H](c2cccc(O)c2)c2cccc(C(=O)N3CCN(CCCCCCC(=O)O)CC3)c2)[C@@H](C)CN1Cc1ccccc1. The minimum atomic E-state index is -0.720. The zero-order valence-corrected chi connectivity index (χ0v) is 27.4. The number of aromatic hydroxyl groups is 1. The van der Waals surface area contributed by atoms with Crippen LogP contribution in [0.1, 0.15) is 79.0 Å². The molecular weight excluding hydrogens is 576 g/mol. The van der Waals surface area contributed by atoms with Crippen LogP contribution in [0.3, 0.4) is 0 Å². The molecule has 0 bridgehead atoms. The number of carbonyl (C=O) groups excluding carboxylic acids is 1. The van der Waals surface area contributed by atoms with Gasteiger partial charge in [0.1, 0.15) is 5.75 Å². The van der Waals surface area contributed by atoms with Crippen molar-refractivity contribution in [3.63, 3.8) is 0 Å². The summed E-state index contributed by atoms with van der Waals surface area (Å²) in [6.45, 7) is 11.4. The van der Waals surface area contributed by atoms with Crippen molar-refractivity contribution in [1.82, 2.24) is 19.6 Å². The molecular formula is C38H50N4O4. The summed E-state index contributed by atoms with van der Waals surface area (Å²) in [7, 11) is 0. The first kappa shape index (κ1) is 33.6. The normalized spacial score (nSPS) is 20.4. The number of piperazine rings is 2. The summed E-state index contributed by atoms with van der Waals surface area (Å²) in [5.41, 5.74) is 4.11. The molecule has 0 aliphatic carbocycles. The summed E-state index contributed by atoms with van der Waals surface area (Å²) in [5.74, 6) is -0.405. The standard InChI is InChI=1S/C38H50N4O4/c1-29-27-42(30(2)26-41(29)28-31-12-6-5-7-13-31)37(33-15-11-17-35(43)25-33)32-14-10-16-34(24-32)38(46)40-22-20-39(21-23-40)19-9-4-3-8-18-36(44)45/h5-7,10-17,24-25,29-30,37,43H,3-4,8-9,18-23,26-28H2,1-2H3,(H,44,45)/t29-,30+,37-/m1/s1. The van der Waals surface area contributed by atoms with Crippen molar-refractivity contribution in [2.24, 2.45) is 0 Å². The Morgan fingerprint density at radius 3 is 2.20 bits per heavy atom. The van der Waals surface area contributed by atoms with E-state index in [0.29, 0.717) is 24.7 Å². The molecule has 0 spiro atoms. The van der Waals surface area contributed by atoms with Crippen molar-refractivity contribution in [2.75, 3.05) is 45.8 Å². The van der Waals surface area contributed by atoms with Gasteiger partial charge < -0.3 is 15.1 Å². The number of carboxylic acids is 1. The first-order valence-electron chi connectivity index (χ1n) is 16.9. The van der Waals surface area contributed by atoms with Gasteiger partial charge in [0.05, 0.1) is 6.04 Å². The van der Waals surface area contributed by atoms with E-state index in [1.54, 1.807) is 6.07 Å². The van der Waals surface area contributed by atoms with Crippen molar-refractivity contribution < 1.29 is 19.8 Å². The lowest BCUT2D eigenvalue weighted by Crippen LogP contribution is -2.56. The fraction of sp³-hybridized carbons (Fsp3) is 0.474. The summed E-state index contributed by atoms with van der Waals surface area (Å²) in [5, 5.41) is 19.3. The number of carboxylic acid groups (broad SMARTS) is 1. The molecule has 0 aromatic heterocycles. The van der Waals surface area contributed by atoms with E-state index in [1.807, 2.05) is 29.2 Å². The third-order valence-electron chi connectivity index (χ3n) is 9.63. The highest BCUT2D eigenvalue weighted by Crippen LogP contribution is 2.35. The lowest BCUT2D eigenvalue weighted by Gasteiger charge is -2.47. The van der Waals surface area contributed by atoms with E-state index in [4.69, 9.17) is 5.11 Å². The Morgan fingerprint density at radius 1 is 0.783 bits per heavy atom. The van der Waals surface area contributed by atoms with Crippen molar-refractivity contribution in [1.29, 1.82) is 0 Å². The molecule has 2 aliphatic heterocycles. The number of phenolic OH excluding ortho intramolecular Hbond substituents is 1. The average molecular weight is 627 g/mol. The molecule has 8 nitrogen and oxygen atoms in total.